The average Bonchev–Trinajstić information content (AvgIpc) is 2.69. The van der Waals surface area contributed by atoms with Crippen molar-refractivity contribution in [3.63, 3.8) is 0 Å². The SMILES string of the molecule is COC(=O)c1cc(C)nc2nc(SCc3cccc(OCC(C)C)c3)[nH]c(=O)c12. The predicted octanol–water partition coefficient (Wildman–Crippen LogP) is 3.74. The number of ether oxygens (including phenoxy) is 2. The number of esters is 1. The van der Waals surface area contributed by atoms with E-state index < -0.39 is 11.5 Å². The molecule has 0 atom stereocenters. The Bertz CT molecular complexity index is 1090. The molecule has 3 aromatic rings. The van der Waals surface area contributed by atoms with Crippen LogP contribution in [0.3, 0.4) is 0 Å². The maximum absolute atomic E-state index is 12.6. The fourth-order valence-electron chi connectivity index (χ4n) is 2.72. The minimum Gasteiger partial charge on any atom is -0.493 e. The van der Waals surface area contributed by atoms with E-state index in [1.54, 1.807) is 6.92 Å². The van der Waals surface area contributed by atoms with Crippen LogP contribution in [0.1, 0.15) is 35.5 Å². The molecule has 0 bridgehead atoms. The van der Waals surface area contributed by atoms with Crippen molar-refractivity contribution in [1.29, 1.82) is 0 Å². The number of nitrogens with one attached hydrogen (secondary N) is 1. The number of carbonyl (C=O) groups excluding carboxylic acids is 1. The van der Waals surface area contributed by atoms with Gasteiger partial charge in [0.1, 0.15) is 5.75 Å². The first-order valence-electron chi connectivity index (χ1n) is 9.22. The van der Waals surface area contributed by atoms with Gasteiger partial charge in [0, 0.05) is 11.4 Å². The van der Waals surface area contributed by atoms with Crippen molar-refractivity contribution in [1.82, 2.24) is 15.0 Å². The summed E-state index contributed by atoms with van der Waals surface area (Å²) in [6, 6.07) is 9.36. The Labute approximate surface area is 172 Å². The van der Waals surface area contributed by atoms with E-state index >= 15 is 0 Å². The highest BCUT2D eigenvalue weighted by Crippen LogP contribution is 2.23. The standard InChI is InChI=1S/C21H23N3O4S/c1-12(2)10-28-15-7-5-6-14(9-15)11-29-21-23-18-17(19(25)24-21)16(20(26)27-4)8-13(3)22-18/h5-9,12H,10-11H2,1-4H3,(H,22,23,24,25). The van der Waals surface area contributed by atoms with E-state index in [0.29, 0.717) is 29.1 Å². The van der Waals surface area contributed by atoms with Gasteiger partial charge in [0.15, 0.2) is 10.8 Å². The van der Waals surface area contributed by atoms with Gasteiger partial charge < -0.3 is 14.5 Å². The van der Waals surface area contributed by atoms with Gasteiger partial charge in [0.25, 0.3) is 5.56 Å². The highest BCUT2D eigenvalue weighted by molar-refractivity contribution is 7.98. The highest BCUT2D eigenvalue weighted by Gasteiger charge is 2.17. The molecule has 0 aliphatic rings. The number of aryl methyl sites for hydroxylation is 1. The van der Waals surface area contributed by atoms with Crippen molar-refractivity contribution in [3.8, 4) is 5.75 Å². The van der Waals surface area contributed by atoms with Gasteiger partial charge >= 0.3 is 5.97 Å². The zero-order chi connectivity index (χ0) is 21.0. The second kappa shape index (κ2) is 9.09. The van der Waals surface area contributed by atoms with Gasteiger partial charge in [0.05, 0.1) is 24.7 Å². The summed E-state index contributed by atoms with van der Waals surface area (Å²) in [5.74, 6) is 1.28. The molecular formula is C21H23N3O4S. The second-order valence-corrected chi connectivity index (χ2v) is 7.98. The molecule has 1 N–H and O–H groups in total. The highest BCUT2D eigenvalue weighted by atomic mass is 32.2. The van der Waals surface area contributed by atoms with Crippen molar-refractivity contribution >= 4 is 28.8 Å². The molecule has 3 rings (SSSR count). The Hall–Kier alpha value is -2.87. The van der Waals surface area contributed by atoms with Crippen molar-refractivity contribution < 1.29 is 14.3 Å². The number of hydrogen-bond acceptors (Lipinski definition) is 7. The van der Waals surface area contributed by atoms with Crippen LogP contribution in [0.25, 0.3) is 11.0 Å². The first-order chi connectivity index (χ1) is 13.9. The molecule has 8 heteroatoms. The van der Waals surface area contributed by atoms with E-state index in [9.17, 15) is 9.59 Å². The number of aromatic nitrogens is 3. The number of carbonyl (C=O) groups is 1. The molecule has 152 valence electrons. The minimum atomic E-state index is -0.591. The molecule has 0 spiro atoms. The van der Waals surface area contributed by atoms with Crippen LogP contribution in [-0.4, -0.2) is 34.6 Å². The molecule has 0 aliphatic heterocycles. The number of fused-ring (bicyclic) bond motifs is 1. The second-order valence-electron chi connectivity index (χ2n) is 7.01. The zero-order valence-electron chi connectivity index (χ0n) is 16.8. The van der Waals surface area contributed by atoms with Gasteiger partial charge in [-0.05, 0) is 36.6 Å². The number of hydrogen-bond donors (Lipinski definition) is 1. The smallest absolute Gasteiger partial charge is 0.338 e. The van der Waals surface area contributed by atoms with Crippen LogP contribution in [0.4, 0.5) is 0 Å². The molecule has 0 aliphatic carbocycles. The Morgan fingerprint density at radius 1 is 1.24 bits per heavy atom. The lowest BCUT2D eigenvalue weighted by Crippen LogP contribution is -2.16. The fraction of sp³-hybridized carbons (Fsp3) is 0.333. The predicted molar refractivity (Wildman–Crippen MR) is 113 cm³/mol. The van der Waals surface area contributed by atoms with Crippen molar-refractivity contribution in [3.05, 3.63) is 57.5 Å². The Morgan fingerprint density at radius 3 is 2.76 bits per heavy atom. The third-order valence-corrected chi connectivity index (χ3v) is 4.99. The molecule has 29 heavy (non-hydrogen) atoms. The Morgan fingerprint density at radius 2 is 2.03 bits per heavy atom. The average molecular weight is 413 g/mol. The number of pyridine rings is 1. The molecular weight excluding hydrogens is 390 g/mol. The number of benzene rings is 1. The summed E-state index contributed by atoms with van der Waals surface area (Å²) in [6.07, 6.45) is 0. The first-order valence-corrected chi connectivity index (χ1v) is 10.2. The third kappa shape index (κ3) is 5.14. The van der Waals surface area contributed by atoms with Crippen LogP contribution in [0.2, 0.25) is 0 Å². The van der Waals surface area contributed by atoms with Gasteiger partial charge in [-0.15, -0.1) is 0 Å². The summed E-state index contributed by atoms with van der Waals surface area (Å²) >= 11 is 1.38. The summed E-state index contributed by atoms with van der Waals surface area (Å²) in [7, 11) is 1.27. The largest absolute Gasteiger partial charge is 0.493 e. The van der Waals surface area contributed by atoms with E-state index in [2.05, 4.69) is 28.8 Å². The van der Waals surface area contributed by atoms with Crippen LogP contribution in [0.15, 0.2) is 40.3 Å². The summed E-state index contributed by atoms with van der Waals surface area (Å²) < 4.78 is 10.5. The summed E-state index contributed by atoms with van der Waals surface area (Å²) in [5.41, 5.74) is 1.61. The van der Waals surface area contributed by atoms with Crippen LogP contribution < -0.4 is 10.3 Å². The molecule has 0 saturated heterocycles. The molecule has 2 aromatic heterocycles. The molecule has 2 heterocycles. The number of nitrogens with zero attached hydrogens (tertiary/aromatic N) is 2. The number of H-pyrrole nitrogens is 1. The summed E-state index contributed by atoms with van der Waals surface area (Å²) in [5, 5.41) is 0.570. The lowest BCUT2D eigenvalue weighted by Gasteiger charge is -2.10. The molecule has 0 amide bonds. The normalized spacial score (nSPS) is 11.1. The van der Waals surface area contributed by atoms with Crippen LogP contribution in [-0.2, 0) is 10.5 Å². The monoisotopic (exact) mass is 413 g/mol. The zero-order valence-corrected chi connectivity index (χ0v) is 17.6. The molecule has 0 saturated carbocycles. The lowest BCUT2D eigenvalue weighted by molar-refractivity contribution is 0.0602. The van der Waals surface area contributed by atoms with E-state index in [1.165, 1.54) is 24.9 Å². The maximum atomic E-state index is 12.6. The minimum absolute atomic E-state index is 0.135. The third-order valence-electron chi connectivity index (χ3n) is 4.05. The molecule has 1 aromatic carbocycles. The van der Waals surface area contributed by atoms with Crippen LogP contribution in [0, 0.1) is 12.8 Å². The van der Waals surface area contributed by atoms with E-state index in [0.717, 1.165) is 11.3 Å². The van der Waals surface area contributed by atoms with E-state index in [4.69, 9.17) is 9.47 Å². The molecule has 0 unspecified atom stereocenters. The quantitative estimate of drug-likeness (QED) is 0.358. The molecule has 0 radical (unpaired) electrons. The maximum Gasteiger partial charge on any atom is 0.338 e. The van der Waals surface area contributed by atoms with E-state index in [1.807, 2.05) is 24.3 Å². The Balaban J connectivity index is 1.84. The van der Waals surface area contributed by atoms with Crippen molar-refractivity contribution in [2.75, 3.05) is 13.7 Å². The van der Waals surface area contributed by atoms with Gasteiger partial charge in [-0.1, -0.05) is 37.7 Å². The molecule has 7 nitrogen and oxygen atoms in total. The number of rotatable bonds is 7. The van der Waals surface area contributed by atoms with Crippen LogP contribution in [0.5, 0.6) is 5.75 Å². The number of thioether (sulfide) groups is 1. The van der Waals surface area contributed by atoms with Crippen molar-refractivity contribution in [2.45, 2.75) is 31.7 Å². The van der Waals surface area contributed by atoms with Gasteiger partial charge in [-0.25, -0.2) is 14.8 Å². The van der Waals surface area contributed by atoms with E-state index in [-0.39, 0.29) is 16.6 Å². The number of methoxy groups -OCH3 is 1. The van der Waals surface area contributed by atoms with Gasteiger partial charge in [-0.2, -0.15) is 0 Å². The first kappa shape index (κ1) is 20.9. The van der Waals surface area contributed by atoms with Crippen molar-refractivity contribution in [2.24, 2.45) is 5.92 Å². The van der Waals surface area contributed by atoms with Crippen LogP contribution >= 0.6 is 11.8 Å². The fourth-order valence-corrected chi connectivity index (χ4v) is 3.52. The topological polar surface area (TPSA) is 94.2 Å². The summed E-state index contributed by atoms with van der Waals surface area (Å²) in [6.45, 7) is 6.60. The number of aromatic amines is 1. The Kier molecular flexibility index (Phi) is 6.53. The summed E-state index contributed by atoms with van der Waals surface area (Å²) in [4.78, 5) is 36.1. The van der Waals surface area contributed by atoms with Gasteiger partial charge in [-0.3, -0.25) is 4.79 Å². The van der Waals surface area contributed by atoms with Gasteiger partial charge in [0.2, 0.25) is 0 Å². The lowest BCUT2D eigenvalue weighted by atomic mass is 10.1. The molecule has 0 fully saturated rings.